The Hall–Kier alpha value is -0.860. The number of nitrogens with two attached hydrogens (primary N) is 1. The molecule has 0 saturated heterocycles. The van der Waals surface area contributed by atoms with Crippen molar-refractivity contribution < 1.29 is 17.9 Å². The van der Waals surface area contributed by atoms with Crippen molar-refractivity contribution in [3.63, 3.8) is 0 Å². The summed E-state index contributed by atoms with van der Waals surface area (Å²) >= 11 is 0. The summed E-state index contributed by atoms with van der Waals surface area (Å²) < 4.78 is 37.1. The van der Waals surface area contributed by atoms with Gasteiger partial charge < -0.3 is 15.2 Å². The lowest BCUT2D eigenvalue weighted by Gasteiger charge is -2.10. The first-order chi connectivity index (χ1) is 9.95. The fourth-order valence-electron chi connectivity index (χ4n) is 1.58. The van der Waals surface area contributed by atoms with Gasteiger partial charge in [-0.15, -0.1) is 12.4 Å². The average Bonchev–Trinajstić information content (AvgIpc) is 2.43. The number of ether oxygens (including phenoxy) is 2. The molecule has 1 aromatic carbocycles. The normalized spacial score (nSPS) is 12.5. The summed E-state index contributed by atoms with van der Waals surface area (Å²) in [4.78, 5) is 0.212. The Balaban J connectivity index is 0.00000441. The van der Waals surface area contributed by atoms with E-state index in [1.807, 2.05) is 13.8 Å². The van der Waals surface area contributed by atoms with Crippen LogP contribution in [0.4, 0.5) is 0 Å². The van der Waals surface area contributed by atoms with Gasteiger partial charge in [-0.3, -0.25) is 0 Å². The van der Waals surface area contributed by atoms with Crippen LogP contribution >= 0.6 is 12.4 Å². The molecular weight excluding hydrogens is 328 g/mol. The molecule has 1 rings (SSSR count). The van der Waals surface area contributed by atoms with Crippen LogP contribution < -0.4 is 15.2 Å². The minimum Gasteiger partial charge on any atom is -0.491 e. The van der Waals surface area contributed by atoms with Crippen LogP contribution in [0, 0.1) is 0 Å². The van der Waals surface area contributed by atoms with Crippen LogP contribution in [-0.4, -0.2) is 40.8 Å². The van der Waals surface area contributed by atoms with E-state index in [4.69, 9.17) is 15.2 Å². The molecule has 0 amide bonds. The number of rotatable bonds is 10. The molecule has 0 heterocycles. The second-order valence-corrected chi connectivity index (χ2v) is 6.45. The van der Waals surface area contributed by atoms with Crippen LogP contribution in [-0.2, 0) is 14.8 Å². The third-order valence-electron chi connectivity index (χ3n) is 2.73. The molecular formula is C14H25ClN2O4S. The number of hydrogen-bond acceptors (Lipinski definition) is 5. The molecule has 0 aromatic heterocycles. The van der Waals surface area contributed by atoms with Gasteiger partial charge in [-0.1, -0.05) is 0 Å². The number of sulfonamides is 1. The van der Waals surface area contributed by atoms with E-state index >= 15 is 0 Å². The highest BCUT2D eigenvalue weighted by Gasteiger charge is 2.13. The standard InChI is InChI=1S/C14H24N2O4S.ClH/c1-3-19-10-11-20-13-4-6-14(7-5-13)21(17,18)16-9-8-12(2)15;/h4-7,12,16H,3,8-11,15H2,1-2H3;1H. The zero-order chi connectivity index (χ0) is 15.7. The van der Waals surface area contributed by atoms with Crippen LogP contribution in [0.1, 0.15) is 20.3 Å². The lowest BCUT2D eigenvalue weighted by atomic mass is 10.3. The third kappa shape index (κ3) is 7.95. The maximum Gasteiger partial charge on any atom is 0.240 e. The SMILES string of the molecule is CCOCCOc1ccc(S(=O)(=O)NCCC(C)N)cc1.Cl. The zero-order valence-corrected chi connectivity index (χ0v) is 14.6. The quantitative estimate of drug-likeness (QED) is 0.623. The maximum absolute atomic E-state index is 12.0. The molecule has 0 saturated carbocycles. The number of benzene rings is 1. The molecule has 0 aliphatic rings. The maximum atomic E-state index is 12.0. The Kier molecular flexibility index (Phi) is 10.4. The first kappa shape index (κ1) is 21.1. The van der Waals surface area contributed by atoms with E-state index in [0.29, 0.717) is 38.5 Å². The molecule has 0 aliphatic carbocycles. The molecule has 0 aliphatic heterocycles. The van der Waals surface area contributed by atoms with E-state index in [0.717, 1.165) is 0 Å². The first-order valence-electron chi connectivity index (χ1n) is 7.01. The highest BCUT2D eigenvalue weighted by atomic mass is 35.5. The van der Waals surface area contributed by atoms with Gasteiger partial charge in [0.2, 0.25) is 10.0 Å². The second-order valence-electron chi connectivity index (χ2n) is 4.68. The van der Waals surface area contributed by atoms with Crippen molar-refractivity contribution in [1.29, 1.82) is 0 Å². The van der Waals surface area contributed by atoms with Crippen molar-refractivity contribution in [2.24, 2.45) is 5.73 Å². The predicted molar refractivity (Wildman–Crippen MR) is 89.1 cm³/mol. The zero-order valence-electron chi connectivity index (χ0n) is 12.9. The molecule has 6 nitrogen and oxygen atoms in total. The van der Waals surface area contributed by atoms with E-state index < -0.39 is 10.0 Å². The molecule has 1 atom stereocenters. The number of hydrogen-bond donors (Lipinski definition) is 2. The van der Waals surface area contributed by atoms with Crippen LogP contribution in [0.2, 0.25) is 0 Å². The van der Waals surface area contributed by atoms with Gasteiger partial charge in [-0.05, 0) is 44.5 Å². The average molecular weight is 353 g/mol. The number of nitrogens with one attached hydrogen (secondary N) is 1. The predicted octanol–water partition coefficient (Wildman–Crippen LogP) is 1.54. The fraction of sp³-hybridized carbons (Fsp3) is 0.571. The largest absolute Gasteiger partial charge is 0.491 e. The van der Waals surface area contributed by atoms with Crippen LogP contribution in [0.5, 0.6) is 5.75 Å². The Labute approximate surface area is 138 Å². The van der Waals surface area contributed by atoms with Crippen molar-refractivity contribution in [2.75, 3.05) is 26.4 Å². The smallest absolute Gasteiger partial charge is 0.240 e. The van der Waals surface area contributed by atoms with E-state index in [9.17, 15) is 8.42 Å². The fourth-order valence-corrected chi connectivity index (χ4v) is 2.63. The Morgan fingerprint density at radius 3 is 2.41 bits per heavy atom. The van der Waals surface area contributed by atoms with E-state index in [1.165, 1.54) is 12.1 Å². The highest BCUT2D eigenvalue weighted by Crippen LogP contribution is 2.15. The van der Waals surface area contributed by atoms with Crippen molar-refractivity contribution >= 4 is 22.4 Å². The summed E-state index contributed by atoms with van der Waals surface area (Å²) in [6.07, 6.45) is 0.595. The third-order valence-corrected chi connectivity index (χ3v) is 4.20. The van der Waals surface area contributed by atoms with Gasteiger partial charge in [0.05, 0.1) is 11.5 Å². The molecule has 1 aromatic rings. The molecule has 22 heavy (non-hydrogen) atoms. The Morgan fingerprint density at radius 2 is 1.86 bits per heavy atom. The molecule has 3 N–H and O–H groups in total. The Morgan fingerprint density at radius 1 is 1.23 bits per heavy atom. The molecule has 0 radical (unpaired) electrons. The van der Waals surface area contributed by atoms with Crippen LogP contribution in [0.15, 0.2) is 29.2 Å². The molecule has 1 unspecified atom stereocenters. The summed E-state index contributed by atoms with van der Waals surface area (Å²) in [7, 11) is -3.49. The van der Waals surface area contributed by atoms with Gasteiger partial charge in [-0.2, -0.15) is 0 Å². The minimum atomic E-state index is -3.49. The van der Waals surface area contributed by atoms with Gasteiger partial charge in [0, 0.05) is 19.2 Å². The summed E-state index contributed by atoms with van der Waals surface area (Å²) in [6.45, 7) is 5.67. The summed E-state index contributed by atoms with van der Waals surface area (Å²) in [5.41, 5.74) is 5.59. The van der Waals surface area contributed by atoms with Crippen molar-refractivity contribution in [1.82, 2.24) is 4.72 Å². The van der Waals surface area contributed by atoms with Crippen molar-refractivity contribution in [3.05, 3.63) is 24.3 Å². The molecule has 8 heteroatoms. The van der Waals surface area contributed by atoms with Gasteiger partial charge >= 0.3 is 0 Å². The van der Waals surface area contributed by atoms with Gasteiger partial charge in [0.25, 0.3) is 0 Å². The molecule has 0 fully saturated rings. The van der Waals surface area contributed by atoms with Gasteiger partial charge in [0.15, 0.2) is 0 Å². The highest BCUT2D eigenvalue weighted by molar-refractivity contribution is 7.89. The monoisotopic (exact) mass is 352 g/mol. The lowest BCUT2D eigenvalue weighted by molar-refractivity contribution is 0.110. The van der Waals surface area contributed by atoms with Crippen LogP contribution in [0.25, 0.3) is 0 Å². The van der Waals surface area contributed by atoms with Crippen LogP contribution in [0.3, 0.4) is 0 Å². The summed E-state index contributed by atoms with van der Waals surface area (Å²) in [5, 5.41) is 0. The topological polar surface area (TPSA) is 90.6 Å². The van der Waals surface area contributed by atoms with E-state index in [2.05, 4.69) is 4.72 Å². The minimum absolute atomic E-state index is 0. The second kappa shape index (κ2) is 10.8. The van der Waals surface area contributed by atoms with E-state index in [-0.39, 0.29) is 23.3 Å². The van der Waals surface area contributed by atoms with Crippen molar-refractivity contribution in [3.8, 4) is 5.75 Å². The van der Waals surface area contributed by atoms with E-state index in [1.54, 1.807) is 12.1 Å². The molecule has 0 spiro atoms. The van der Waals surface area contributed by atoms with Gasteiger partial charge in [0.1, 0.15) is 12.4 Å². The first-order valence-corrected chi connectivity index (χ1v) is 8.50. The number of halogens is 1. The van der Waals surface area contributed by atoms with Crippen molar-refractivity contribution in [2.45, 2.75) is 31.2 Å². The summed E-state index contributed by atoms with van der Waals surface area (Å²) in [6, 6.07) is 6.26. The Bertz CT molecular complexity index is 506. The molecule has 128 valence electrons. The van der Waals surface area contributed by atoms with Gasteiger partial charge in [-0.25, -0.2) is 13.1 Å². The molecule has 0 bridgehead atoms. The lowest BCUT2D eigenvalue weighted by Crippen LogP contribution is -2.29. The summed E-state index contributed by atoms with van der Waals surface area (Å²) in [5.74, 6) is 0.615.